The Morgan fingerprint density at radius 3 is 1.80 bits per heavy atom. The Bertz CT molecular complexity index is 2630. The van der Waals surface area contributed by atoms with Crippen LogP contribution in [0, 0.1) is 10.1 Å². The van der Waals surface area contributed by atoms with Gasteiger partial charge < -0.3 is 5.73 Å². The Morgan fingerprint density at radius 2 is 1.28 bits per heavy atom. The lowest BCUT2D eigenvalue weighted by Gasteiger charge is -2.20. The zero-order valence-corrected chi connectivity index (χ0v) is 28.8. The maximum absolute atomic E-state index is 13.8. The number of ketones is 2. The number of allylic oxidation sites excluding steroid dienone is 5. The Kier molecular flexibility index (Phi) is 9.91. The van der Waals surface area contributed by atoms with Gasteiger partial charge in [-0.25, -0.2) is 0 Å². The number of nitro benzene ring substituents is 1. The van der Waals surface area contributed by atoms with E-state index in [1.165, 1.54) is 24.3 Å². The summed E-state index contributed by atoms with van der Waals surface area (Å²) in [6.45, 7) is 0. The molecule has 272 valence electrons. The largest absolute Gasteiger partial charge is 0.396 e. The van der Waals surface area contributed by atoms with Crippen LogP contribution in [-0.2, 0) is 25.0 Å². The number of carbonyl (C=O) groups excluding carboxylic acids is 2. The molecule has 0 spiro atoms. The zero-order chi connectivity index (χ0) is 38.8. The second kappa shape index (κ2) is 14.6. The van der Waals surface area contributed by atoms with Crippen LogP contribution in [0.25, 0.3) is 17.2 Å². The van der Waals surface area contributed by atoms with E-state index in [0.29, 0.717) is 17.1 Å². The molecule has 0 aromatic heterocycles. The minimum absolute atomic E-state index is 0.0154. The van der Waals surface area contributed by atoms with Gasteiger partial charge in [0.2, 0.25) is 5.78 Å². The van der Waals surface area contributed by atoms with E-state index in [9.17, 15) is 45.6 Å². The highest BCUT2D eigenvalue weighted by molar-refractivity contribution is 7.91. The van der Waals surface area contributed by atoms with E-state index in [-0.39, 0.29) is 17.2 Å². The summed E-state index contributed by atoms with van der Waals surface area (Å²) in [5, 5.41) is 26.7. The summed E-state index contributed by atoms with van der Waals surface area (Å²) < 4.78 is 69.4. The van der Waals surface area contributed by atoms with Crippen molar-refractivity contribution in [3.63, 3.8) is 0 Å². The van der Waals surface area contributed by atoms with Crippen LogP contribution in [-0.4, -0.2) is 53.9 Å². The second-order valence-electron chi connectivity index (χ2n) is 11.3. The molecule has 0 unspecified atom stereocenters. The normalized spacial score (nSPS) is 15.0. The number of fused-ring (bicyclic) bond motifs is 1. The molecule has 6 rings (SSSR count). The number of nitrogens with one attached hydrogen (secondary N) is 2. The number of hydrogen-bond acceptors (Lipinski definition) is 15. The summed E-state index contributed by atoms with van der Waals surface area (Å²) >= 11 is 0. The van der Waals surface area contributed by atoms with Crippen LogP contribution in [0.1, 0.15) is 15.9 Å². The summed E-state index contributed by atoms with van der Waals surface area (Å²) in [4.78, 5) is 33.4. The number of nitrogens with two attached hydrogens (primary N) is 1. The molecule has 54 heavy (non-hydrogen) atoms. The first-order chi connectivity index (χ1) is 25.6. The first-order valence-electron chi connectivity index (χ1n) is 15.2. The molecular formula is C34H24N8O10S2. The number of nitrogen functional groups attached to an aromatic ring is 1. The molecule has 0 heterocycles. The third kappa shape index (κ3) is 8.05. The second-order valence-corrected chi connectivity index (χ2v) is 14.1. The van der Waals surface area contributed by atoms with Gasteiger partial charge in [-0.15, -0.1) is 5.11 Å². The van der Waals surface area contributed by atoms with Crippen molar-refractivity contribution in [2.75, 3.05) is 16.6 Å². The predicted octanol–water partition coefficient (Wildman–Crippen LogP) is 5.86. The van der Waals surface area contributed by atoms with E-state index < -0.39 is 69.0 Å². The number of Topliss-reactive ketones (excluding diaryl/α,β-unsaturated/α-hetero) is 1. The van der Waals surface area contributed by atoms with Crippen LogP contribution >= 0.6 is 0 Å². The third-order valence-electron chi connectivity index (χ3n) is 7.73. The quantitative estimate of drug-likeness (QED) is 0.0316. The van der Waals surface area contributed by atoms with Gasteiger partial charge in [0.1, 0.15) is 15.5 Å². The molecule has 2 aliphatic carbocycles. The van der Waals surface area contributed by atoms with E-state index in [4.69, 9.17) is 5.73 Å². The number of nitrogens with zero attached hydrogens (tertiary/aromatic N) is 5. The molecule has 4 aromatic rings. The SMILES string of the molecule is Nc1c(N=Nc2ccc([N+](=O)[O-])cc2)c(S(=O)(=O)O)cc2c1C(=O)/C(=N\Nc1ccc(-c3ccc(NN=C4C=CC(=O)C=C4)cc3)cc1)C(S(=O)(=O)O)=C2. The van der Waals surface area contributed by atoms with Crippen molar-refractivity contribution in [2.24, 2.45) is 20.4 Å². The van der Waals surface area contributed by atoms with E-state index in [1.807, 2.05) is 12.1 Å². The molecule has 4 aromatic carbocycles. The molecule has 0 atom stereocenters. The first kappa shape index (κ1) is 36.8. The third-order valence-corrected chi connectivity index (χ3v) is 9.46. The Balaban J connectivity index is 1.27. The highest BCUT2D eigenvalue weighted by atomic mass is 32.2. The molecule has 0 bridgehead atoms. The van der Waals surface area contributed by atoms with Crippen LogP contribution in [0.5, 0.6) is 0 Å². The summed E-state index contributed by atoms with van der Waals surface area (Å²) in [5.74, 6) is -1.28. The standard InChI is InChI=1S/C34H24N8O10S2/c35-31-30-21(17-28(53(47,48)49)32(31)40-38-24-9-13-26(14-10-24)42(45)46)18-29(54(50,51)52)33(34(30)44)41-39-23-7-3-20(4-8-23)19-1-5-22(6-2-19)36-37-25-11-15-27(43)16-12-25/h1-18,36,39H,35H2,(H,47,48,49)(H,50,51,52)/b40-38?,41-33-. The number of benzene rings is 4. The van der Waals surface area contributed by atoms with Crippen molar-refractivity contribution in [1.82, 2.24) is 0 Å². The monoisotopic (exact) mass is 768 g/mol. The van der Waals surface area contributed by atoms with Crippen LogP contribution < -0.4 is 16.6 Å². The summed E-state index contributed by atoms with van der Waals surface area (Å²) in [5.41, 5.74) is 11.6. The van der Waals surface area contributed by atoms with Crippen molar-refractivity contribution in [3.05, 3.63) is 129 Å². The van der Waals surface area contributed by atoms with Crippen molar-refractivity contribution in [1.29, 1.82) is 0 Å². The zero-order valence-electron chi connectivity index (χ0n) is 27.2. The lowest BCUT2D eigenvalue weighted by molar-refractivity contribution is -0.384. The predicted molar refractivity (Wildman–Crippen MR) is 199 cm³/mol. The van der Waals surface area contributed by atoms with E-state index >= 15 is 0 Å². The molecular weight excluding hydrogens is 745 g/mol. The average Bonchev–Trinajstić information content (AvgIpc) is 3.13. The van der Waals surface area contributed by atoms with Gasteiger partial charge in [0, 0.05) is 12.1 Å². The van der Waals surface area contributed by atoms with Gasteiger partial charge in [0.05, 0.1) is 38.9 Å². The highest BCUT2D eigenvalue weighted by Gasteiger charge is 2.37. The summed E-state index contributed by atoms with van der Waals surface area (Å²) in [6.07, 6.45) is 6.74. The number of azo groups is 1. The maximum atomic E-state index is 13.8. The number of hydrazone groups is 2. The van der Waals surface area contributed by atoms with Gasteiger partial charge in [0.15, 0.2) is 11.5 Å². The molecule has 0 aliphatic heterocycles. The van der Waals surface area contributed by atoms with Gasteiger partial charge >= 0.3 is 0 Å². The first-order valence-corrected chi connectivity index (χ1v) is 18.1. The van der Waals surface area contributed by atoms with Crippen LogP contribution in [0.2, 0.25) is 0 Å². The average molecular weight is 769 g/mol. The smallest absolute Gasteiger partial charge is 0.296 e. The fourth-order valence-corrected chi connectivity index (χ4v) is 6.42. The van der Waals surface area contributed by atoms with Crippen molar-refractivity contribution < 1.29 is 40.5 Å². The lowest BCUT2D eigenvalue weighted by atomic mass is 9.92. The molecule has 0 radical (unpaired) electrons. The van der Waals surface area contributed by atoms with E-state index in [1.54, 1.807) is 48.6 Å². The van der Waals surface area contributed by atoms with Gasteiger partial charge in [-0.3, -0.25) is 39.7 Å². The number of non-ortho nitro benzene ring substituents is 1. The van der Waals surface area contributed by atoms with Crippen LogP contribution in [0.3, 0.4) is 0 Å². The molecule has 18 nitrogen and oxygen atoms in total. The minimum Gasteiger partial charge on any atom is -0.396 e. The molecule has 2 aliphatic rings. The molecule has 20 heteroatoms. The number of carbonyl (C=O) groups is 2. The van der Waals surface area contributed by atoms with Crippen LogP contribution in [0.15, 0.2) is 133 Å². The molecule has 6 N–H and O–H groups in total. The topological polar surface area (TPSA) is 286 Å². The molecule has 0 saturated heterocycles. The van der Waals surface area contributed by atoms with Crippen molar-refractivity contribution >= 4 is 83.4 Å². The van der Waals surface area contributed by atoms with Crippen molar-refractivity contribution in [3.8, 4) is 11.1 Å². The Labute approximate surface area is 305 Å². The van der Waals surface area contributed by atoms with Gasteiger partial charge in [-0.05, 0) is 89.5 Å². The highest BCUT2D eigenvalue weighted by Crippen LogP contribution is 2.41. The summed E-state index contributed by atoms with van der Waals surface area (Å²) in [6, 6.07) is 19.2. The fourth-order valence-electron chi connectivity index (χ4n) is 5.09. The van der Waals surface area contributed by atoms with Crippen molar-refractivity contribution in [2.45, 2.75) is 4.90 Å². The number of hydrogen-bond donors (Lipinski definition) is 5. The number of anilines is 3. The molecule has 0 amide bonds. The fraction of sp³-hybridized carbons (Fsp3) is 0. The molecule has 0 fully saturated rings. The molecule has 0 saturated carbocycles. The van der Waals surface area contributed by atoms with Crippen LogP contribution in [0.4, 0.5) is 34.1 Å². The van der Waals surface area contributed by atoms with E-state index in [2.05, 4.69) is 31.3 Å². The lowest BCUT2D eigenvalue weighted by Crippen LogP contribution is -2.28. The summed E-state index contributed by atoms with van der Waals surface area (Å²) in [7, 11) is -10.3. The minimum atomic E-state index is -5.15. The Hall–Kier alpha value is -7.00. The van der Waals surface area contributed by atoms with E-state index in [0.717, 1.165) is 35.4 Å². The maximum Gasteiger partial charge on any atom is 0.296 e. The number of nitro groups is 1. The Morgan fingerprint density at radius 1 is 0.722 bits per heavy atom. The van der Waals surface area contributed by atoms with Gasteiger partial charge in [0.25, 0.3) is 25.9 Å². The van der Waals surface area contributed by atoms with Gasteiger partial charge in [-0.2, -0.15) is 32.2 Å². The number of rotatable bonds is 10. The van der Waals surface area contributed by atoms with Gasteiger partial charge in [-0.1, -0.05) is 24.3 Å².